The van der Waals surface area contributed by atoms with Gasteiger partial charge < -0.3 is 19.3 Å². The third kappa shape index (κ3) is 3.48. The van der Waals surface area contributed by atoms with Gasteiger partial charge in [-0.15, -0.1) is 0 Å². The summed E-state index contributed by atoms with van der Waals surface area (Å²) in [5, 5.41) is 0. The molecule has 8 nitrogen and oxygen atoms in total. The number of carbonyl (C=O) groups excluding carboxylic acids is 2. The van der Waals surface area contributed by atoms with Crippen LogP contribution in [0.5, 0.6) is 0 Å². The molecule has 2 aliphatic rings. The van der Waals surface area contributed by atoms with Gasteiger partial charge in [0, 0.05) is 32.4 Å². The molecule has 3 rings (SSSR count). The van der Waals surface area contributed by atoms with E-state index in [0.717, 1.165) is 0 Å². The van der Waals surface area contributed by atoms with Crippen LogP contribution in [0.1, 0.15) is 17.4 Å². The normalized spacial score (nSPS) is 25.3. The number of nitrogens with zero attached hydrogens (tertiary/aromatic N) is 4. The van der Waals surface area contributed by atoms with Crippen LogP contribution in [0, 0.1) is 0 Å². The molecule has 0 radical (unpaired) electrons. The van der Waals surface area contributed by atoms with Gasteiger partial charge in [0.1, 0.15) is 11.3 Å². The van der Waals surface area contributed by atoms with E-state index in [4.69, 9.17) is 9.47 Å². The van der Waals surface area contributed by atoms with E-state index in [1.807, 2.05) is 0 Å². The predicted molar refractivity (Wildman–Crippen MR) is 79.7 cm³/mol. The highest BCUT2D eigenvalue weighted by Gasteiger charge is 2.42. The topological polar surface area (TPSA) is 84.9 Å². The van der Waals surface area contributed by atoms with E-state index < -0.39 is 5.60 Å². The van der Waals surface area contributed by atoms with Gasteiger partial charge in [-0.2, -0.15) is 0 Å². The molecule has 3 heterocycles. The van der Waals surface area contributed by atoms with Crippen molar-refractivity contribution in [3.63, 3.8) is 0 Å². The Hall–Kier alpha value is -2.06. The second-order valence-corrected chi connectivity index (χ2v) is 5.84. The zero-order chi connectivity index (χ0) is 16.3. The average molecular weight is 320 g/mol. The van der Waals surface area contributed by atoms with Crippen LogP contribution in [0.15, 0.2) is 18.6 Å². The van der Waals surface area contributed by atoms with Crippen molar-refractivity contribution in [3.05, 3.63) is 24.3 Å². The fraction of sp³-hybridized carbons (Fsp3) is 0.600. The summed E-state index contributed by atoms with van der Waals surface area (Å²) < 4.78 is 11.6. The van der Waals surface area contributed by atoms with Crippen molar-refractivity contribution in [2.75, 3.05) is 46.0 Å². The Labute approximate surface area is 134 Å². The van der Waals surface area contributed by atoms with Gasteiger partial charge in [-0.3, -0.25) is 14.6 Å². The van der Waals surface area contributed by atoms with E-state index in [-0.39, 0.29) is 11.8 Å². The Morgan fingerprint density at radius 3 is 2.70 bits per heavy atom. The summed E-state index contributed by atoms with van der Waals surface area (Å²) in [6.45, 7) is 4.59. The summed E-state index contributed by atoms with van der Waals surface area (Å²) in [6, 6.07) is 0. The molecule has 2 aliphatic heterocycles. The number of hydrogen-bond acceptors (Lipinski definition) is 6. The van der Waals surface area contributed by atoms with Gasteiger partial charge in [-0.1, -0.05) is 0 Å². The first kappa shape index (κ1) is 15.8. The maximum absolute atomic E-state index is 12.6. The summed E-state index contributed by atoms with van der Waals surface area (Å²) >= 11 is 0. The Kier molecular flexibility index (Phi) is 4.53. The van der Waals surface area contributed by atoms with E-state index in [2.05, 4.69) is 9.97 Å². The van der Waals surface area contributed by atoms with Crippen LogP contribution in [0.25, 0.3) is 0 Å². The molecule has 0 unspecified atom stereocenters. The molecule has 0 saturated carbocycles. The van der Waals surface area contributed by atoms with Crippen molar-refractivity contribution < 1.29 is 19.1 Å². The van der Waals surface area contributed by atoms with Gasteiger partial charge >= 0.3 is 0 Å². The molecule has 8 heteroatoms. The van der Waals surface area contributed by atoms with Gasteiger partial charge in [-0.25, -0.2) is 4.98 Å². The summed E-state index contributed by atoms with van der Waals surface area (Å²) in [7, 11) is 0. The molecule has 2 amide bonds. The van der Waals surface area contributed by atoms with E-state index in [0.29, 0.717) is 51.7 Å². The fourth-order valence-corrected chi connectivity index (χ4v) is 2.95. The summed E-state index contributed by atoms with van der Waals surface area (Å²) in [5.41, 5.74) is -0.374. The van der Waals surface area contributed by atoms with Crippen LogP contribution in [0.2, 0.25) is 0 Å². The first-order valence-electron chi connectivity index (χ1n) is 7.62. The molecule has 1 spiro atoms. The standard InChI is InChI=1S/C15H20N4O4/c1-12(20)18-4-6-22-11-15(9-18)10-19(5-7-23-15)14(21)13-8-16-2-3-17-13/h2-3,8H,4-7,9-11H2,1H3/t15-/m0/s1. The van der Waals surface area contributed by atoms with Gasteiger partial charge in [-0.05, 0) is 0 Å². The van der Waals surface area contributed by atoms with E-state index in [9.17, 15) is 9.59 Å². The molecule has 0 aromatic carbocycles. The lowest BCUT2D eigenvalue weighted by molar-refractivity contribution is -0.145. The third-order valence-electron chi connectivity index (χ3n) is 4.11. The van der Waals surface area contributed by atoms with Crippen LogP contribution in [0.3, 0.4) is 0 Å². The van der Waals surface area contributed by atoms with Crippen molar-refractivity contribution in [1.29, 1.82) is 0 Å². The SMILES string of the molecule is CC(=O)N1CCOC[C@]2(C1)CN(C(=O)c1cnccn1)CCO2. The number of rotatable bonds is 1. The smallest absolute Gasteiger partial charge is 0.274 e. The Bertz CT molecular complexity index is 582. The highest BCUT2D eigenvalue weighted by atomic mass is 16.5. The number of ether oxygens (including phenoxy) is 2. The highest BCUT2D eigenvalue weighted by molar-refractivity contribution is 5.92. The van der Waals surface area contributed by atoms with Crippen LogP contribution in [-0.4, -0.2) is 83.2 Å². The number of amides is 2. The lowest BCUT2D eigenvalue weighted by atomic mass is 10.0. The lowest BCUT2D eigenvalue weighted by Gasteiger charge is -2.43. The molecule has 0 aliphatic carbocycles. The number of morpholine rings is 1. The maximum atomic E-state index is 12.6. The molecule has 2 fully saturated rings. The monoisotopic (exact) mass is 320 g/mol. The molecule has 2 saturated heterocycles. The zero-order valence-electron chi connectivity index (χ0n) is 13.1. The van der Waals surface area contributed by atoms with Gasteiger partial charge in [0.25, 0.3) is 5.91 Å². The average Bonchev–Trinajstić information content (AvgIpc) is 2.78. The number of carbonyl (C=O) groups is 2. The first-order valence-corrected chi connectivity index (χ1v) is 7.62. The second-order valence-electron chi connectivity index (χ2n) is 5.84. The van der Waals surface area contributed by atoms with Crippen molar-refractivity contribution in [2.24, 2.45) is 0 Å². The number of hydrogen-bond donors (Lipinski definition) is 0. The van der Waals surface area contributed by atoms with Gasteiger partial charge in [0.15, 0.2) is 0 Å². The second kappa shape index (κ2) is 6.59. The summed E-state index contributed by atoms with van der Waals surface area (Å²) in [6.07, 6.45) is 4.48. The highest BCUT2D eigenvalue weighted by Crippen LogP contribution is 2.23. The van der Waals surface area contributed by atoms with Crippen molar-refractivity contribution >= 4 is 11.8 Å². The van der Waals surface area contributed by atoms with E-state index in [1.165, 1.54) is 25.5 Å². The molecular weight excluding hydrogens is 300 g/mol. The minimum absolute atomic E-state index is 0.0177. The van der Waals surface area contributed by atoms with Crippen molar-refractivity contribution in [2.45, 2.75) is 12.5 Å². The molecule has 1 aromatic rings. The molecule has 0 N–H and O–H groups in total. The minimum Gasteiger partial charge on any atom is -0.376 e. The third-order valence-corrected chi connectivity index (χ3v) is 4.11. The molecular formula is C15H20N4O4. The quantitative estimate of drug-likeness (QED) is 0.698. The maximum Gasteiger partial charge on any atom is 0.274 e. The minimum atomic E-state index is -0.682. The molecule has 1 aromatic heterocycles. The number of aromatic nitrogens is 2. The first-order chi connectivity index (χ1) is 11.1. The Morgan fingerprint density at radius 2 is 1.96 bits per heavy atom. The van der Waals surface area contributed by atoms with Gasteiger partial charge in [0.05, 0.1) is 39.1 Å². The Morgan fingerprint density at radius 1 is 1.17 bits per heavy atom. The van der Waals surface area contributed by atoms with Gasteiger partial charge in [0.2, 0.25) is 5.91 Å². The molecule has 1 atom stereocenters. The summed E-state index contributed by atoms with van der Waals surface area (Å²) in [4.78, 5) is 35.7. The predicted octanol–water partition coefficient (Wildman–Crippen LogP) is -0.433. The lowest BCUT2D eigenvalue weighted by Crippen LogP contribution is -2.60. The van der Waals surface area contributed by atoms with Crippen LogP contribution in [0.4, 0.5) is 0 Å². The zero-order valence-corrected chi connectivity index (χ0v) is 13.1. The van der Waals surface area contributed by atoms with Crippen LogP contribution in [-0.2, 0) is 14.3 Å². The van der Waals surface area contributed by atoms with Crippen LogP contribution >= 0.6 is 0 Å². The van der Waals surface area contributed by atoms with E-state index >= 15 is 0 Å². The van der Waals surface area contributed by atoms with Crippen molar-refractivity contribution in [1.82, 2.24) is 19.8 Å². The summed E-state index contributed by atoms with van der Waals surface area (Å²) in [5.74, 6) is -0.199. The van der Waals surface area contributed by atoms with E-state index in [1.54, 1.807) is 9.80 Å². The largest absolute Gasteiger partial charge is 0.376 e. The fourth-order valence-electron chi connectivity index (χ4n) is 2.95. The Balaban J connectivity index is 1.76. The van der Waals surface area contributed by atoms with Crippen LogP contribution < -0.4 is 0 Å². The molecule has 0 bridgehead atoms. The molecule has 23 heavy (non-hydrogen) atoms. The van der Waals surface area contributed by atoms with Crippen molar-refractivity contribution in [3.8, 4) is 0 Å². The molecule has 124 valence electrons.